The SMILES string of the molecule is CCCN(CCC)Cc1cc(-c2ccc(-c3cccc(S(C)(=O)=O)c3)s2)n(-c2ccccc2Cl)n1. The Morgan fingerprint density at radius 2 is 1.66 bits per heavy atom. The van der Waals surface area contributed by atoms with Crippen molar-refractivity contribution >= 4 is 32.8 Å². The van der Waals surface area contributed by atoms with Crippen molar-refractivity contribution in [1.82, 2.24) is 14.7 Å². The first-order valence-corrected chi connectivity index (χ1v) is 14.9. The van der Waals surface area contributed by atoms with Crippen LogP contribution in [-0.4, -0.2) is 42.4 Å². The Morgan fingerprint density at radius 3 is 2.34 bits per heavy atom. The Labute approximate surface area is 216 Å². The van der Waals surface area contributed by atoms with Crippen molar-refractivity contribution in [3.63, 3.8) is 0 Å². The minimum atomic E-state index is -3.27. The van der Waals surface area contributed by atoms with Crippen molar-refractivity contribution in [1.29, 1.82) is 0 Å². The summed E-state index contributed by atoms with van der Waals surface area (Å²) in [6.07, 6.45) is 3.42. The summed E-state index contributed by atoms with van der Waals surface area (Å²) in [7, 11) is -3.27. The number of para-hydroxylation sites is 1. The van der Waals surface area contributed by atoms with Crippen LogP contribution < -0.4 is 0 Å². The highest BCUT2D eigenvalue weighted by molar-refractivity contribution is 7.90. The van der Waals surface area contributed by atoms with Gasteiger partial charge in [-0.1, -0.05) is 49.7 Å². The molecule has 0 atom stereocenters. The van der Waals surface area contributed by atoms with Crippen LogP contribution in [0, 0.1) is 0 Å². The molecule has 5 nitrogen and oxygen atoms in total. The van der Waals surface area contributed by atoms with E-state index in [4.69, 9.17) is 16.7 Å². The molecule has 35 heavy (non-hydrogen) atoms. The third-order valence-electron chi connectivity index (χ3n) is 5.71. The third kappa shape index (κ3) is 6.04. The molecule has 0 spiro atoms. The highest BCUT2D eigenvalue weighted by atomic mass is 35.5. The van der Waals surface area contributed by atoms with Gasteiger partial charge in [-0.2, -0.15) is 5.10 Å². The van der Waals surface area contributed by atoms with E-state index in [9.17, 15) is 8.42 Å². The molecule has 8 heteroatoms. The fourth-order valence-electron chi connectivity index (χ4n) is 4.13. The fourth-order valence-corrected chi connectivity index (χ4v) is 6.02. The van der Waals surface area contributed by atoms with Crippen LogP contribution in [0.1, 0.15) is 32.4 Å². The summed E-state index contributed by atoms with van der Waals surface area (Å²) in [5.74, 6) is 0. The van der Waals surface area contributed by atoms with E-state index in [0.717, 1.165) is 64.9 Å². The highest BCUT2D eigenvalue weighted by Gasteiger charge is 2.18. The van der Waals surface area contributed by atoms with Crippen molar-refractivity contribution in [2.45, 2.75) is 38.1 Å². The lowest BCUT2D eigenvalue weighted by atomic mass is 10.2. The first kappa shape index (κ1) is 25.6. The quantitative estimate of drug-likeness (QED) is 0.224. The van der Waals surface area contributed by atoms with E-state index in [0.29, 0.717) is 9.92 Å². The van der Waals surface area contributed by atoms with Gasteiger partial charge < -0.3 is 0 Å². The lowest BCUT2D eigenvalue weighted by molar-refractivity contribution is 0.263. The maximum absolute atomic E-state index is 12.0. The molecule has 0 saturated heterocycles. The second-order valence-electron chi connectivity index (χ2n) is 8.62. The topological polar surface area (TPSA) is 55.2 Å². The van der Waals surface area contributed by atoms with Crippen molar-refractivity contribution < 1.29 is 8.42 Å². The Balaban J connectivity index is 1.76. The Kier molecular flexibility index (Phi) is 8.12. The van der Waals surface area contributed by atoms with Gasteiger partial charge in [0.15, 0.2) is 9.84 Å². The average Bonchev–Trinajstić information content (AvgIpc) is 3.47. The molecule has 0 fully saturated rings. The standard InChI is InChI=1S/C27H30ClN3O2S2/c1-4-15-30(16-5-2)19-21-18-25(31(29-21)24-12-7-6-11-23(24)28)27-14-13-26(34-27)20-9-8-10-22(17-20)35(3,32)33/h6-14,17-18H,4-5,15-16,19H2,1-3H3. The number of nitrogens with zero attached hydrogens (tertiary/aromatic N) is 3. The number of sulfone groups is 1. The summed E-state index contributed by atoms with van der Waals surface area (Å²) < 4.78 is 26.0. The number of hydrogen-bond acceptors (Lipinski definition) is 5. The van der Waals surface area contributed by atoms with Crippen molar-refractivity contribution in [2.24, 2.45) is 0 Å². The van der Waals surface area contributed by atoms with E-state index in [1.54, 1.807) is 29.5 Å². The number of halogens is 1. The molecule has 2 heterocycles. The summed E-state index contributed by atoms with van der Waals surface area (Å²) in [6, 6.07) is 21.1. The van der Waals surface area contributed by atoms with Gasteiger partial charge in [0.25, 0.3) is 0 Å². The summed E-state index contributed by atoms with van der Waals surface area (Å²) >= 11 is 8.18. The normalized spacial score (nSPS) is 11.9. The van der Waals surface area contributed by atoms with E-state index >= 15 is 0 Å². The molecule has 0 bridgehead atoms. The first-order chi connectivity index (χ1) is 16.8. The predicted molar refractivity (Wildman–Crippen MR) is 146 cm³/mol. The van der Waals surface area contributed by atoms with Crippen LogP contribution in [0.5, 0.6) is 0 Å². The molecule has 0 aliphatic heterocycles. The van der Waals surface area contributed by atoms with Gasteiger partial charge in [0.2, 0.25) is 0 Å². The average molecular weight is 528 g/mol. The summed E-state index contributed by atoms with van der Waals surface area (Å²) in [5, 5.41) is 5.61. The van der Waals surface area contributed by atoms with Crippen LogP contribution in [-0.2, 0) is 16.4 Å². The van der Waals surface area contributed by atoms with Gasteiger partial charge in [-0.05, 0) is 74.0 Å². The van der Waals surface area contributed by atoms with Gasteiger partial charge in [-0.15, -0.1) is 11.3 Å². The van der Waals surface area contributed by atoms with Gasteiger partial charge in [0, 0.05) is 17.7 Å². The lowest BCUT2D eigenvalue weighted by Crippen LogP contribution is -2.25. The van der Waals surface area contributed by atoms with Gasteiger partial charge in [0.1, 0.15) is 0 Å². The second kappa shape index (κ2) is 11.1. The maximum Gasteiger partial charge on any atom is 0.175 e. The number of thiophene rings is 1. The molecule has 0 amide bonds. The lowest BCUT2D eigenvalue weighted by Gasteiger charge is -2.19. The molecule has 0 aliphatic carbocycles. The van der Waals surface area contributed by atoms with Gasteiger partial charge in [0.05, 0.1) is 31.9 Å². The van der Waals surface area contributed by atoms with Crippen molar-refractivity contribution in [2.75, 3.05) is 19.3 Å². The molecule has 2 aromatic carbocycles. The van der Waals surface area contributed by atoms with Gasteiger partial charge >= 0.3 is 0 Å². The van der Waals surface area contributed by atoms with Crippen molar-refractivity contribution in [3.05, 3.63) is 77.4 Å². The number of benzene rings is 2. The fraction of sp³-hybridized carbons (Fsp3) is 0.296. The molecule has 0 saturated carbocycles. The molecule has 2 aromatic heterocycles. The van der Waals surface area contributed by atoms with Crippen LogP contribution in [0.15, 0.2) is 71.6 Å². The summed E-state index contributed by atoms with van der Waals surface area (Å²) in [4.78, 5) is 4.79. The van der Waals surface area contributed by atoms with Crippen molar-refractivity contribution in [3.8, 4) is 26.7 Å². The number of rotatable bonds is 10. The van der Waals surface area contributed by atoms with E-state index in [-0.39, 0.29) is 0 Å². The second-order valence-corrected chi connectivity index (χ2v) is 12.1. The van der Waals surface area contributed by atoms with Gasteiger partial charge in [-0.3, -0.25) is 4.90 Å². The van der Waals surface area contributed by atoms with E-state index < -0.39 is 9.84 Å². The molecule has 0 unspecified atom stereocenters. The van der Waals surface area contributed by atoms with Crippen LogP contribution in [0.2, 0.25) is 5.02 Å². The molecule has 0 N–H and O–H groups in total. The number of aromatic nitrogens is 2. The molecular formula is C27H30ClN3O2S2. The summed E-state index contributed by atoms with van der Waals surface area (Å²) in [5.41, 5.74) is 3.68. The van der Waals surface area contributed by atoms with Crippen LogP contribution in [0.25, 0.3) is 26.7 Å². The molecule has 4 aromatic rings. The van der Waals surface area contributed by atoms with Crippen LogP contribution in [0.4, 0.5) is 0 Å². The zero-order valence-electron chi connectivity index (χ0n) is 20.2. The van der Waals surface area contributed by atoms with Gasteiger partial charge in [-0.25, -0.2) is 13.1 Å². The maximum atomic E-state index is 12.0. The van der Waals surface area contributed by atoms with E-state index in [2.05, 4.69) is 30.9 Å². The zero-order valence-corrected chi connectivity index (χ0v) is 22.6. The zero-order chi connectivity index (χ0) is 25.0. The predicted octanol–water partition coefficient (Wildman–Crippen LogP) is 6.95. The molecule has 0 radical (unpaired) electrons. The third-order valence-corrected chi connectivity index (χ3v) is 8.30. The van der Waals surface area contributed by atoms with Crippen LogP contribution >= 0.6 is 22.9 Å². The molecule has 4 rings (SSSR count). The minimum absolute atomic E-state index is 0.320. The number of hydrogen-bond donors (Lipinski definition) is 0. The highest BCUT2D eigenvalue weighted by Crippen LogP contribution is 2.37. The smallest absolute Gasteiger partial charge is 0.175 e. The largest absolute Gasteiger partial charge is 0.297 e. The molecular weight excluding hydrogens is 498 g/mol. The Morgan fingerprint density at radius 1 is 0.943 bits per heavy atom. The first-order valence-electron chi connectivity index (χ1n) is 11.8. The molecule has 0 aliphatic rings. The Bertz CT molecular complexity index is 1400. The van der Waals surface area contributed by atoms with E-state index in [1.807, 2.05) is 41.1 Å². The van der Waals surface area contributed by atoms with Crippen LogP contribution in [0.3, 0.4) is 0 Å². The summed E-state index contributed by atoms with van der Waals surface area (Å²) in [6.45, 7) is 7.23. The Hall–Kier alpha value is -2.45. The monoisotopic (exact) mass is 527 g/mol. The van der Waals surface area contributed by atoms with E-state index in [1.165, 1.54) is 6.26 Å². The minimum Gasteiger partial charge on any atom is -0.297 e. The molecule has 184 valence electrons.